The highest BCUT2D eigenvalue weighted by Crippen LogP contribution is 2.39. The summed E-state index contributed by atoms with van der Waals surface area (Å²) in [6.45, 7) is 5.29. The summed E-state index contributed by atoms with van der Waals surface area (Å²) >= 11 is 0. The molecular formula is C25H31IN4O3. The predicted octanol–water partition coefficient (Wildman–Crippen LogP) is 4.15. The number of benzene rings is 2. The Balaban J connectivity index is 0.00000306. The van der Waals surface area contributed by atoms with Crippen LogP contribution in [0.3, 0.4) is 0 Å². The number of nitrogens with zero attached hydrogens (tertiary/aromatic N) is 2. The molecule has 0 saturated heterocycles. The van der Waals surface area contributed by atoms with Crippen molar-refractivity contribution in [3.05, 3.63) is 65.2 Å². The lowest BCUT2D eigenvalue weighted by Gasteiger charge is -2.38. The summed E-state index contributed by atoms with van der Waals surface area (Å²) in [7, 11) is 1.75. The average Bonchev–Trinajstić information content (AvgIpc) is 3.02. The first-order valence-corrected chi connectivity index (χ1v) is 11.1. The van der Waals surface area contributed by atoms with Crippen LogP contribution in [-0.2, 0) is 0 Å². The van der Waals surface area contributed by atoms with Crippen LogP contribution in [0.1, 0.15) is 65.4 Å². The first kappa shape index (κ1) is 25.0. The Hall–Kier alpha value is -2.62. The number of hydrogen-bond donors (Lipinski definition) is 2. The average molecular weight is 562 g/mol. The smallest absolute Gasteiger partial charge is 0.261 e. The molecule has 0 spiro atoms. The molecule has 0 saturated carbocycles. The van der Waals surface area contributed by atoms with E-state index < -0.39 is 0 Å². The van der Waals surface area contributed by atoms with E-state index in [-0.39, 0.29) is 47.4 Å². The first-order chi connectivity index (χ1) is 15.4. The number of aliphatic imine (C=N–C) groups is 1. The van der Waals surface area contributed by atoms with Crippen molar-refractivity contribution in [2.24, 2.45) is 4.99 Å². The third kappa shape index (κ3) is 5.48. The van der Waals surface area contributed by atoms with Gasteiger partial charge in [0.2, 0.25) is 0 Å². The Morgan fingerprint density at radius 1 is 1.06 bits per heavy atom. The molecular weight excluding hydrogens is 531 g/mol. The van der Waals surface area contributed by atoms with Crippen molar-refractivity contribution in [1.82, 2.24) is 15.5 Å². The highest BCUT2D eigenvalue weighted by Gasteiger charge is 2.35. The van der Waals surface area contributed by atoms with Gasteiger partial charge < -0.3 is 15.4 Å². The second-order valence-electron chi connectivity index (χ2n) is 8.81. The lowest BCUT2D eigenvalue weighted by atomic mass is 9.90. The van der Waals surface area contributed by atoms with Crippen LogP contribution < -0.4 is 15.4 Å². The second kappa shape index (κ2) is 10.5. The number of para-hydroxylation sites is 1. The van der Waals surface area contributed by atoms with Crippen LogP contribution in [0.5, 0.6) is 5.75 Å². The molecule has 2 amide bonds. The van der Waals surface area contributed by atoms with Gasteiger partial charge in [-0.15, -0.1) is 24.0 Å². The molecule has 8 heteroatoms. The zero-order valence-corrected chi connectivity index (χ0v) is 21.6. The third-order valence-electron chi connectivity index (χ3n) is 5.89. The fourth-order valence-corrected chi connectivity index (χ4v) is 4.33. The van der Waals surface area contributed by atoms with Gasteiger partial charge in [0.05, 0.1) is 17.2 Å². The molecule has 2 aliphatic heterocycles. The maximum absolute atomic E-state index is 12.5. The molecule has 33 heavy (non-hydrogen) atoms. The molecule has 176 valence electrons. The van der Waals surface area contributed by atoms with Crippen LogP contribution in [0.4, 0.5) is 0 Å². The number of rotatable bonds is 6. The van der Waals surface area contributed by atoms with Crippen LogP contribution in [0.2, 0.25) is 0 Å². The number of fused-ring (bicyclic) bond motifs is 2. The monoisotopic (exact) mass is 562 g/mol. The van der Waals surface area contributed by atoms with Crippen molar-refractivity contribution >= 4 is 41.8 Å². The fourth-order valence-electron chi connectivity index (χ4n) is 4.33. The van der Waals surface area contributed by atoms with E-state index in [1.807, 2.05) is 18.2 Å². The molecule has 0 fully saturated rings. The van der Waals surface area contributed by atoms with E-state index in [1.165, 1.54) is 4.90 Å². The van der Waals surface area contributed by atoms with Gasteiger partial charge in [0.1, 0.15) is 11.4 Å². The highest BCUT2D eigenvalue weighted by atomic mass is 127. The van der Waals surface area contributed by atoms with Crippen molar-refractivity contribution in [2.45, 2.75) is 44.8 Å². The fraction of sp³-hybridized carbons (Fsp3) is 0.400. The summed E-state index contributed by atoms with van der Waals surface area (Å²) in [6, 6.07) is 15.2. The van der Waals surface area contributed by atoms with Crippen LogP contribution in [0.15, 0.2) is 53.5 Å². The summed E-state index contributed by atoms with van der Waals surface area (Å²) in [5.74, 6) is 1.23. The minimum atomic E-state index is -0.267. The van der Waals surface area contributed by atoms with E-state index in [4.69, 9.17) is 4.74 Å². The van der Waals surface area contributed by atoms with Gasteiger partial charge in [-0.3, -0.25) is 19.5 Å². The molecule has 2 heterocycles. The lowest BCUT2D eigenvalue weighted by molar-refractivity contribution is 0.0649. The van der Waals surface area contributed by atoms with Crippen LogP contribution in [-0.4, -0.2) is 48.4 Å². The zero-order valence-electron chi connectivity index (χ0n) is 19.3. The van der Waals surface area contributed by atoms with Crippen LogP contribution in [0.25, 0.3) is 0 Å². The number of carbonyl (C=O) groups excluding carboxylic acids is 2. The molecule has 1 unspecified atom stereocenters. The number of hydrogen-bond acceptors (Lipinski definition) is 4. The molecule has 4 rings (SSSR count). The molecule has 2 aromatic carbocycles. The molecule has 7 nitrogen and oxygen atoms in total. The summed E-state index contributed by atoms with van der Waals surface area (Å²) < 4.78 is 6.11. The van der Waals surface area contributed by atoms with Gasteiger partial charge in [0.25, 0.3) is 11.8 Å². The Morgan fingerprint density at radius 2 is 1.70 bits per heavy atom. The number of guanidine groups is 1. The number of carbonyl (C=O) groups is 2. The van der Waals surface area contributed by atoms with Gasteiger partial charge >= 0.3 is 0 Å². The van der Waals surface area contributed by atoms with Crippen molar-refractivity contribution in [1.29, 1.82) is 0 Å². The minimum Gasteiger partial charge on any atom is -0.487 e. The summed E-state index contributed by atoms with van der Waals surface area (Å²) in [6.07, 6.45) is 2.36. The summed E-state index contributed by atoms with van der Waals surface area (Å²) in [5, 5.41) is 6.87. The van der Waals surface area contributed by atoms with Crippen molar-refractivity contribution < 1.29 is 14.3 Å². The predicted molar refractivity (Wildman–Crippen MR) is 139 cm³/mol. The molecule has 1 atom stereocenters. The maximum Gasteiger partial charge on any atom is 0.261 e. The lowest BCUT2D eigenvalue weighted by Crippen LogP contribution is -2.45. The standard InChI is InChI=1S/C25H30N4O3.HI/c1-25(2)16-20(19-12-6-7-13-21(19)32-25)28-24(26-3)27-14-8-9-15-29-22(30)17-10-4-5-11-18(17)23(29)31;/h4-7,10-13,20H,8-9,14-16H2,1-3H3,(H2,26,27,28);1H. The van der Waals surface area contributed by atoms with Crippen LogP contribution in [0, 0.1) is 0 Å². The topological polar surface area (TPSA) is 83.0 Å². The van der Waals surface area contributed by atoms with E-state index >= 15 is 0 Å². The third-order valence-corrected chi connectivity index (χ3v) is 5.89. The molecule has 0 aliphatic carbocycles. The van der Waals surface area contributed by atoms with Crippen molar-refractivity contribution in [2.75, 3.05) is 20.1 Å². The molecule has 0 radical (unpaired) electrons. The van der Waals surface area contributed by atoms with E-state index in [0.717, 1.165) is 36.5 Å². The molecule has 2 N–H and O–H groups in total. The van der Waals surface area contributed by atoms with E-state index in [0.29, 0.717) is 24.2 Å². The number of amides is 2. The van der Waals surface area contributed by atoms with Crippen molar-refractivity contribution in [3.63, 3.8) is 0 Å². The van der Waals surface area contributed by atoms with Gasteiger partial charge in [0, 0.05) is 32.1 Å². The zero-order chi connectivity index (χ0) is 22.7. The first-order valence-electron chi connectivity index (χ1n) is 11.1. The van der Waals surface area contributed by atoms with Crippen molar-refractivity contribution in [3.8, 4) is 5.75 Å². The summed E-state index contributed by atoms with van der Waals surface area (Å²) in [4.78, 5) is 30.6. The number of ether oxygens (including phenoxy) is 1. The highest BCUT2D eigenvalue weighted by molar-refractivity contribution is 14.0. The number of imide groups is 1. The van der Waals surface area contributed by atoms with Crippen LogP contribution >= 0.6 is 24.0 Å². The number of nitrogens with one attached hydrogen (secondary N) is 2. The Morgan fingerprint density at radius 3 is 2.36 bits per heavy atom. The number of unbranched alkanes of at least 4 members (excludes halogenated alkanes) is 1. The Bertz CT molecular complexity index is 1020. The van der Waals surface area contributed by atoms with E-state index in [9.17, 15) is 9.59 Å². The second-order valence-corrected chi connectivity index (χ2v) is 8.81. The normalized spacial score (nSPS) is 18.7. The SMILES string of the molecule is CN=C(NCCCCN1C(=O)c2ccccc2C1=O)NC1CC(C)(C)Oc2ccccc21.I. The molecule has 0 bridgehead atoms. The summed E-state index contributed by atoms with van der Waals surface area (Å²) in [5.41, 5.74) is 1.86. The van der Waals surface area contributed by atoms with Gasteiger partial charge in [-0.25, -0.2) is 0 Å². The molecule has 2 aromatic rings. The number of halogens is 1. The van der Waals surface area contributed by atoms with Gasteiger partial charge in [-0.2, -0.15) is 0 Å². The molecule has 2 aliphatic rings. The van der Waals surface area contributed by atoms with E-state index in [1.54, 1.807) is 31.3 Å². The van der Waals surface area contributed by atoms with Gasteiger partial charge in [0.15, 0.2) is 5.96 Å². The Kier molecular flexibility index (Phi) is 7.99. The van der Waals surface area contributed by atoms with Gasteiger partial charge in [-0.05, 0) is 44.9 Å². The quantitative estimate of drug-likeness (QED) is 0.182. The maximum atomic E-state index is 12.5. The minimum absolute atomic E-state index is 0. The largest absolute Gasteiger partial charge is 0.487 e. The molecule has 0 aromatic heterocycles. The van der Waals surface area contributed by atoms with E-state index in [2.05, 4.69) is 35.5 Å². The van der Waals surface area contributed by atoms with Gasteiger partial charge in [-0.1, -0.05) is 30.3 Å². The Labute approximate surface area is 212 Å².